The van der Waals surface area contributed by atoms with Crippen molar-refractivity contribution in [2.45, 2.75) is 43.1 Å². The van der Waals surface area contributed by atoms with Crippen LogP contribution < -0.4 is 15.5 Å². The lowest BCUT2D eigenvalue weighted by Gasteiger charge is -2.53. The molecule has 0 spiro atoms. The molecule has 0 aliphatic heterocycles. The SMILES string of the molecule is CN(C)[C@@H]1C(=O)C(C(=O)NCNC(Cc2ccc(N(CCCl)CCCl)cc2)C(=O)O)=C(O)[C@@]2(O)C(=O)C3=C(O)c4c(O)cccc4[C@@](C)(O)[C@H]3C[C@@H]12. The number of carbonyl (C=O) groups excluding carboxylic acids is 3. The number of hydrogen-bond acceptors (Lipinski definition) is 12. The number of Topliss-reactive ketones (excluding diaryl/α,β-unsaturated/α-hetero) is 2. The number of halogens is 2. The minimum Gasteiger partial charge on any atom is -0.508 e. The molecule has 0 saturated heterocycles. The van der Waals surface area contributed by atoms with E-state index in [-0.39, 0.29) is 24.0 Å². The van der Waals surface area contributed by atoms with Crippen molar-refractivity contribution in [3.63, 3.8) is 0 Å². The predicted molar refractivity (Wildman–Crippen MR) is 192 cm³/mol. The second-order valence-electron chi connectivity index (χ2n) is 13.6. The number of phenolic OH excluding ortho intramolecular Hbond substituents is 1. The average Bonchev–Trinajstić information content (AvgIpc) is 3.08. The first kappa shape index (κ1) is 39.0. The second kappa shape index (κ2) is 15.0. The molecule has 3 aliphatic carbocycles. The summed E-state index contributed by atoms with van der Waals surface area (Å²) in [5, 5.41) is 72.1. The summed E-state index contributed by atoms with van der Waals surface area (Å²) >= 11 is 11.8. The number of aliphatic carboxylic acids is 1. The third kappa shape index (κ3) is 6.63. The molecular weight excluding hydrogens is 719 g/mol. The Morgan fingerprint density at radius 2 is 1.63 bits per heavy atom. The molecule has 0 aromatic heterocycles. The number of likely N-dealkylation sites (N-methyl/N-ethyl adjacent to an activating group) is 1. The fraction of sp³-hybridized carbons (Fsp3) is 0.444. The molecule has 8 N–H and O–H groups in total. The second-order valence-corrected chi connectivity index (χ2v) is 14.4. The summed E-state index contributed by atoms with van der Waals surface area (Å²) in [6.07, 6.45) is -0.262. The number of hydrogen-bond donors (Lipinski definition) is 8. The van der Waals surface area contributed by atoms with Crippen LogP contribution in [0.1, 0.15) is 30.0 Å². The molecule has 1 unspecified atom stereocenters. The molecule has 52 heavy (non-hydrogen) atoms. The molecule has 1 saturated carbocycles. The van der Waals surface area contributed by atoms with Crippen molar-refractivity contribution in [1.29, 1.82) is 0 Å². The number of fused-ring (bicyclic) bond motifs is 3. The zero-order chi connectivity index (χ0) is 38.3. The number of nitrogens with zero attached hydrogens (tertiary/aromatic N) is 2. The maximum Gasteiger partial charge on any atom is 0.321 e. The van der Waals surface area contributed by atoms with E-state index >= 15 is 0 Å². The number of anilines is 1. The number of ketones is 2. The van der Waals surface area contributed by atoms with Crippen molar-refractivity contribution in [1.82, 2.24) is 15.5 Å². The highest BCUT2D eigenvalue weighted by molar-refractivity contribution is 6.25. The number of rotatable bonds is 13. The molecule has 3 aliphatic rings. The summed E-state index contributed by atoms with van der Waals surface area (Å²) in [4.78, 5) is 57.2. The van der Waals surface area contributed by atoms with Crippen LogP contribution in [0.15, 0.2) is 59.4 Å². The van der Waals surface area contributed by atoms with Gasteiger partial charge in [-0.2, -0.15) is 0 Å². The average molecular weight is 762 g/mol. The fourth-order valence-electron chi connectivity index (χ4n) is 7.73. The van der Waals surface area contributed by atoms with E-state index in [2.05, 4.69) is 10.6 Å². The summed E-state index contributed by atoms with van der Waals surface area (Å²) in [7, 11) is 2.97. The molecule has 5 rings (SSSR count). The normalized spacial score (nSPS) is 26.1. The van der Waals surface area contributed by atoms with Gasteiger partial charge in [-0.1, -0.05) is 24.3 Å². The molecule has 0 bridgehead atoms. The van der Waals surface area contributed by atoms with Crippen LogP contribution in [0.4, 0.5) is 5.69 Å². The molecular formula is C36H42Cl2N4O10. The lowest BCUT2D eigenvalue weighted by molar-refractivity contribution is -0.159. The van der Waals surface area contributed by atoms with Crippen LogP contribution in [0.25, 0.3) is 5.76 Å². The number of aliphatic hydroxyl groups is 4. The van der Waals surface area contributed by atoms with E-state index in [0.29, 0.717) is 30.4 Å². The van der Waals surface area contributed by atoms with Crippen molar-refractivity contribution in [3.05, 3.63) is 76.1 Å². The van der Waals surface area contributed by atoms with Gasteiger partial charge in [0, 0.05) is 47.9 Å². The molecule has 16 heteroatoms. The molecule has 2 aromatic rings. The lowest BCUT2D eigenvalue weighted by Crippen LogP contribution is -2.67. The van der Waals surface area contributed by atoms with Crippen molar-refractivity contribution in [2.75, 3.05) is 50.5 Å². The number of aliphatic hydroxyl groups excluding tert-OH is 2. The van der Waals surface area contributed by atoms with E-state index in [9.17, 15) is 49.8 Å². The van der Waals surface area contributed by atoms with Crippen molar-refractivity contribution >= 4 is 58.1 Å². The number of nitrogens with one attached hydrogen (secondary N) is 2. The first-order valence-electron chi connectivity index (χ1n) is 16.6. The van der Waals surface area contributed by atoms with Gasteiger partial charge >= 0.3 is 5.97 Å². The van der Waals surface area contributed by atoms with E-state index in [1.807, 2.05) is 17.0 Å². The first-order valence-corrected chi connectivity index (χ1v) is 17.7. The monoisotopic (exact) mass is 760 g/mol. The minimum atomic E-state index is -2.89. The lowest BCUT2D eigenvalue weighted by atomic mass is 9.54. The maximum atomic E-state index is 14.3. The summed E-state index contributed by atoms with van der Waals surface area (Å²) < 4.78 is 0. The largest absolute Gasteiger partial charge is 0.508 e. The molecule has 1 fully saturated rings. The van der Waals surface area contributed by atoms with Gasteiger partial charge < -0.3 is 40.9 Å². The molecule has 14 nitrogen and oxygen atoms in total. The Kier molecular flexibility index (Phi) is 11.3. The molecule has 2 aromatic carbocycles. The van der Waals surface area contributed by atoms with Crippen LogP contribution in [0.2, 0.25) is 0 Å². The number of benzene rings is 2. The number of amides is 1. The number of carboxylic acids is 1. The van der Waals surface area contributed by atoms with Crippen molar-refractivity contribution in [3.8, 4) is 5.75 Å². The number of phenols is 1. The standard InChI is InChI=1S/C36H42Cl2N4O10/c1-35(51)20-5-4-6-24(43)25(20)29(44)26-21(35)16-22-28(41(2)3)30(45)27(32(47)36(22,52)31(26)46)33(48)40-17-39-23(34(49)50)15-18-7-9-19(10-8-18)42(13-11-37)14-12-38/h4-10,21-23,28,39,43-44,47,51-52H,11-17H2,1-3H3,(H,40,48)(H,49,50)/t21-,22-,23?,28-,35+,36-/m0/s1. The third-order valence-electron chi connectivity index (χ3n) is 10.3. The van der Waals surface area contributed by atoms with Crippen molar-refractivity contribution in [2.24, 2.45) is 11.8 Å². The van der Waals surface area contributed by atoms with Gasteiger partial charge in [0.25, 0.3) is 5.91 Å². The van der Waals surface area contributed by atoms with Gasteiger partial charge in [0.1, 0.15) is 28.9 Å². The fourth-order valence-corrected chi connectivity index (χ4v) is 8.13. The summed E-state index contributed by atoms with van der Waals surface area (Å²) in [6, 6.07) is 8.80. The number of aromatic hydroxyl groups is 1. The van der Waals surface area contributed by atoms with Crippen LogP contribution in [-0.4, -0.2) is 122 Å². The van der Waals surface area contributed by atoms with Gasteiger partial charge in [-0.05, 0) is 63.2 Å². The van der Waals surface area contributed by atoms with Gasteiger partial charge in [-0.3, -0.25) is 29.4 Å². The van der Waals surface area contributed by atoms with Gasteiger partial charge in [-0.25, -0.2) is 0 Å². The number of carbonyl (C=O) groups is 4. The number of carboxylic acid groups (broad SMARTS) is 1. The van der Waals surface area contributed by atoms with E-state index < -0.39 is 93.6 Å². The molecule has 6 atom stereocenters. The predicted octanol–water partition coefficient (Wildman–Crippen LogP) is 1.79. The smallest absolute Gasteiger partial charge is 0.321 e. The summed E-state index contributed by atoms with van der Waals surface area (Å²) in [6.45, 7) is 2.05. The van der Waals surface area contributed by atoms with Gasteiger partial charge in [0.2, 0.25) is 5.78 Å². The van der Waals surface area contributed by atoms with Crippen molar-refractivity contribution < 1.29 is 49.8 Å². The quantitative estimate of drug-likeness (QED) is 0.0831. The Balaban J connectivity index is 1.40. The Labute approximate surface area is 309 Å². The highest BCUT2D eigenvalue weighted by atomic mass is 35.5. The highest BCUT2D eigenvalue weighted by Crippen LogP contribution is 2.57. The van der Waals surface area contributed by atoms with Gasteiger partial charge in [0.15, 0.2) is 11.4 Å². The molecule has 1 amide bonds. The molecule has 0 heterocycles. The molecule has 280 valence electrons. The van der Waals surface area contributed by atoms with E-state index in [1.165, 1.54) is 44.1 Å². The third-order valence-corrected chi connectivity index (χ3v) is 10.7. The Morgan fingerprint density at radius 3 is 2.21 bits per heavy atom. The first-order chi connectivity index (χ1) is 24.5. The topological polar surface area (TPSA) is 220 Å². The Morgan fingerprint density at radius 1 is 1.00 bits per heavy atom. The highest BCUT2D eigenvalue weighted by Gasteiger charge is 2.66. The minimum absolute atomic E-state index is 0.0181. The van der Waals surface area contributed by atoms with Crippen LogP contribution in [-0.2, 0) is 31.2 Å². The Hall–Kier alpha value is -4.18. The zero-order valence-electron chi connectivity index (χ0n) is 28.8. The Bertz CT molecular complexity index is 1820. The van der Waals surface area contributed by atoms with E-state index in [4.69, 9.17) is 23.2 Å². The van der Waals surface area contributed by atoms with Gasteiger partial charge in [-0.15, -0.1) is 23.2 Å². The van der Waals surface area contributed by atoms with Crippen LogP contribution in [0.5, 0.6) is 5.75 Å². The van der Waals surface area contributed by atoms with Crippen LogP contribution in [0, 0.1) is 11.8 Å². The van der Waals surface area contributed by atoms with Crippen LogP contribution in [0.3, 0.4) is 0 Å². The van der Waals surface area contributed by atoms with Crippen LogP contribution >= 0.6 is 23.2 Å². The van der Waals surface area contributed by atoms with Gasteiger partial charge in [0.05, 0.1) is 23.9 Å². The molecule has 0 radical (unpaired) electrons. The zero-order valence-corrected chi connectivity index (χ0v) is 30.3. The summed E-state index contributed by atoms with van der Waals surface area (Å²) in [5.74, 6) is -8.70. The maximum absolute atomic E-state index is 14.3. The van der Waals surface area contributed by atoms with E-state index in [1.54, 1.807) is 12.1 Å². The number of alkyl halides is 2. The van der Waals surface area contributed by atoms with E-state index in [0.717, 1.165) is 5.69 Å². The summed E-state index contributed by atoms with van der Waals surface area (Å²) in [5.41, 5.74) is -4.70.